The average molecular weight is 310 g/mol. The molecular weight excluding hydrogens is 284 g/mol. The summed E-state index contributed by atoms with van der Waals surface area (Å²) < 4.78 is 5.85. The molecule has 1 aliphatic carbocycles. The zero-order chi connectivity index (χ0) is 17.1. The minimum atomic E-state index is 0.132. The van der Waals surface area contributed by atoms with Crippen molar-refractivity contribution in [2.45, 2.75) is 52.9 Å². The average Bonchev–Trinajstić information content (AvgIpc) is 2.46. The van der Waals surface area contributed by atoms with E-state index >= 15 is 0 Å². The van der Waals surface area contributed by atoms with Crippen molar-refractivity contribution in [3.05, 3.63) is 59.3 Å². The van der Waals surface area contributed by atoms with Crippen molar-refractivity contribution >= 4 is 5.71 Å². The maximum atomic E-state index is 8.72. The molecule has 0 heterocycles. The van der Waals surface area contributed by atoms with Gasteiger partial charge in [0.15, 0.2) is 0 Å². The van der Waals surface area contributed by atoms with Gasteiger partial charge in [-0.1, -0.05) is 46.8 Å². The molecular formula is C20H26N2O. The summed E-state index contributed by atoms with van der Waals surface area (Å²) in [7, 11) is 0. The van der Waals surface area contributed by atoms with E-state index < -0.39 is 0 Å². The number of hydrogen-bond acceptors (Lipinski definition) is 1. The number of benzene rings is 1. The summed E-state index contributed by atoms with van der Waals surface area (Å²) in [6.45, 7) is 11.4. The Morgan fingerprint density at radius 1 is 1.04 bits per heavy atom. The maximum absolute atomic E-state index is 8.72. The Morgan fingerprint density at radius 2 is 1.70 bits per heavy atom. The first-order valence-electron chi connectivity index (χ1n) is 8.07. The van der Waals surface area contributed by atoms with Crippen molar-refractivity contribution in [3.63, 3.8) is 0 Å². The van der Waals surface area contributed by atoms with Gasteiger partial charge in [-0.05, 0) is 47.1 Å². The summed E-state index contributed by atoms with van der Waals surface area (Å²) in [5.74, 6) is 1.60. The number of nitrogens with zero attached hydrogens (tertiary/aromatic N) is 2. The van der Waals surface area contributed by atoms with Gasteiger partial charge in [-0.2, -0.15) is 4.79 Å². The molecule has 3 nitrogen and oxygen atoms in total. The molecule has 0 aromatic heterocycles. The van der Waals surface area contributed by atoms with Crippen LogP contribution in [0.1, 0.15) is 53.0 Å². The first kappa shape index (κ1) is 17.2. The zero-order valence-electron chi connectivity index (χ0n) is 14.8. The third-order valence-corrected chi connectivity index (χ3v) is 3.92. The molecule has 0 unspecified atom stereocenters. The molecule has 0 saturated heterocycles. The van der Waals surface area contributed by atoms with Crippen molar-refractivity contribution in [2.24, 2.45) is 5.41 Å². The maximum Gasteiger partial charge on any atom is 0.296 e. The van der Waals surface area contributed by atoms with Crippen LogP contribution in [-0.2, 0) is 5.41 Å². The van der Waals surface area contributed by atoms with E-state index in [-0.39, 0.29) is 5.41 Å². The van der Waals surface area contributed by atoms with Crippen LogP contribution in [0.4, 0.5) is 0 Å². The lowest BCUT2D eigenvalue weighted by molar-refractivity contribution is -0.00549. The van der Waals surface area contributed by atoms with Crippen LogP contribution in [0.25, 0.3) is 5.53 Å². The van der Waals surface area contributed by atoms with Gasteiger partial charge in [0.25, 0.3) is 5.71 Å². The van der Waals surface area contributed by atoms with Crippen molar-refractivity contribution in [1.29, 1.82) is 0 Å². The number of allylic oxidation sites excluding steroid dienone is 3. The number of hydrogen-bond donors (Lipinski definition) is 0. The van der Waals surface area contributed by atoms with Crippen molar-refractivity contribution in [3.8, 4) is 5.75 Å². The highest BCUT2D eigenvalue weighted by molar-refractivity contribution is 5.92. The summed E-state index contributed by atoms with van der Waals surface area (Å²) in [5.41, 5.74) is 11.1. The van der Waals surface area contributed by atoms with Crippen LogP contribution < -0.4 is 4.74 Å². The Hall–Kier alpha value is -2.12. The predicted octanol–water partition coefficient (Wildman–Crippen LogP) is 5.29. The second kappa shape index (κ2) is 6.55. The molecule has 1 aromatic carbocycles. The quantitative estimate of drug-likeness (QED) is 0.550. The number of rotatable bonds is 4. The molecule has 23 heavy (non-hydrogen) atoms. The lowest BCUT2D eigenvalue weighted by Crippen LogP contribution is -2.24. The Bertz CT molecular complexity index is 667. The SMILES string of the molecule is CC(C)(C)CC(C)(C)c1ccc(OC2=CCC(=[N+]=[N-])C=C2)cc1. The van der Waals surface area contributed by atoms with Gasteiger partial charge in [-0.15, -0.1) is 0 Å². The van der Waals surface area contributed by atoms with E-state index in [1.165, 1.54) is 5.56 Å². The molecule has 0 saturated carbocycles. The summed E-state index contributed by atoms with van der Waals surface area (Å²) >= 11 is 0. The molecule has 1 aromatic rings. The van der Waals surface area contributed by atoms with Crippen molar-refractivity contribution < 1.29 is 9.53 Å². The highest BCUT2D eigenvalue weighted by atomic mass is 16.5. The van der Waals surface area contributed by atoms with Crippen LogP contribution in [0.5, 0.6) is 5.75 Å². The Labute approximate surface area is 139 Å². The van der Waals surface area contributed by atoms with Crippen LogP contribution in [0.15, 0.2) is 48.3 Å². The van der Waals surface area contributed by atoms with Gasteiger partial charge in [-0.3, -0.25) is 0 Å². The first-order chi connectivity index (χ1) is 10.7. The second-order valence-corrected chi connectivity index (χ2v) is 7.98. The molecule has 0 N–H and O–H groups in total. The van der Waals surface area contributed by atoms with Crippen LogP contribution in [-0.4, -0.2) is 10.5 Å². The largest absolute Gasteiger partial charge is 0.458 e. The van der Waals surface area contributed by atoms with E-state index in [1.807, 2.05) is 24.3 Å². The fraction of sp³-hybridized carbons (Fsp3) is 0.450. The van der Waals surface area contributed by atoms with E-state index in [4.69, 9.17) is 10.3 Å². The molecule has 2 rings (SSSR count). The molecule has 122 valence electrons. The van der Waals surface area contributed by atoms with E-state index in [0.717, 1.165) is 17.9 Å². The first-order valence-corrected chi connectivity index (χ1v) is 8.07. The lowest BCUT2D eigenvalue weighted by atomic mass is 9.72. The van der Waals surface area contributed by atoms with Gasteiger partial charge in [0.2, 0.25) is 0 Å². The molecule has 0 fully saturated rings. The Morgan fingerprint density at radius 3 is 2.17 bits per heavy atom. The van der Waals surface area contributed by atoms with Gasteiger partial charge >= 0.3 is 0 Å². The third kappa shape index (κ3) is 4.94. The summed E-state index contributed by atoms with van der Waals surface area (Å²) in [4.78, 5) is 3.19. The van der Waals surface area contributed by atoms with E-state index in [2.05, 4.69) is 51.5 Å². The van der Waals surface area contributed by atoms with Gasteiger partial charge in [0.1, 0.15) is 11.5 Å². The van der Waals surface area contributed by atoms with E-state index in [9.17, 15) is 0 Å². The van der Waals surface area contributed by atoms with Gasteiger partial charge in [0.05, 0.1) is 6.42 Å². The molecule has 0 amide bonds. The third-order valence-electron chi connectivity index (χ3n) is 3.92. The van der Waals surface area contributed by atoms with Gasteiger partial charge in [-0.25, -0.2) is 0 Å². The molecule has 0 radical (unpaired) electrons. The standard InChI is InChI=1S/C20H26N2O/c1-19(2,3)14-20(4,5)15-6-10-17(11-7-15)23-18-12-8-16(22-21)9-13-18/h6-8,10-13H,9,14H2,1-5H3. The van der Waals surface area contributed by atoms with Crippen LogP contribution in [0, 0.1) is 5.41 Å². The topological polar surface area (TPSA) is 45.6 Å². The van der Waals surface area contributed by atoms with Gasteiger partial charge in [0, 0.05) is 6.08 Å². The van der Waals surface area contributed by atoms with Crippen LogP contribution >= 0.6 is 0 Å². The normalized spacial score (nSPS) is 15.2. The van der Waals surface area contributed by atoms with Gasteiger partial charge < -0.3 is 10.3 Å². The van der Waals surface area contributed by atoms with Crippen LogP contribution in [0.2, 0.25) is 0 Å². The Kier molecular flexibility index (Phi) is 4.91. The number of ether oxygens (including phenoxy) is 1. The van der Waals surface area contributed by atoms with E-state index in [1.54, 1.807) is 6.08 Å². The molecule has 0 aliphatic heterocycles. The van der Waals surface area contributed by atoms with Crippen molar-refractivity contribution in [1.82, 2.24) is 0 Å². The van der Waals surface area contributed by atoms with E-state index in [0.29, 0.717) is 17.5 Å². The summed E-state index contributed by atoms with van der Waals surface area (Å²) in [6, 6.07) is 8.33. The summed E-state index contributed by atoms with van der Waals surface area (Å²) in [6.07, 6.45) is 7.19. The predicted molar refractivity (Wildman–Crippen MR) is 94.6 cm³/mol. The zero-order valence-corrected chi connectivity index (χ0v) is 14.8. The fourth-order valence-electron chi connectivity index (χ4n) is 3.21. The molecule has 0 spiro atoms. The molecule has 0 bridgehead atoms. The fourth-order valence-corrected chi connectivity index (χ4v) is 3.21. The molecule has 1 aliphatic rings. The minimum absolute atomic E-state index is 0.132. The smallest absolute Gasteiger partial charge is 0.296 e. The van der Waals surface area contributed by atoms with Crippen molar-refractivity contribution in [2.75, 3.05) is 0 Å². The highest BCUT2D eigenvalue weighted by Crippen LogP contribution is 2.36. The Balaban J connectivity index is 2.07. The second-order valence-electron chi connectivity index (χ2n) is 7.98. The minimum Gasteiger partial charge on any atom is -0.458 e. The highest BCUT2D eigenvalue weighted by Gasteiger charge is 2.27. The molecule has 3 heteroatoms. The van der Waals surface area contributed by atoms with Crippen LogP contribution in [0.3, 0.4) is 0 Å². The monoisotopic (exact) mass is 310 g/mol. The molecule has 0 atom stereocenters. The lowest BCUT2D eigenvalue weighted by Gasteiger charge is -2.33. The summed E-state index contributed by atoms with van der Waals surface area (Å²) in [5, 5.41) is 0.